The molecular weight excluding hydrogens is 402 g/mol. The Bertz CT molecular complexity index is 1170. The number of aromatic nitrogens is 3. The van der Waals surface area contributed by atoms with Crippen molar-refractivity contribution in [3.8, 4) is 11.3 Å². The first-order valence-corrected chi connectivity index (χ1v) is 11.1. The maximum absolute atomic E-state index is 13.3. The number of pyridine rings is 1. The molecule has 2 aliphatic heterocycles. The second-order valence-electron chi connectivity index (χ2n) is 8.82. The number of carbonyl (C=O) groups excluding carboxylic acids is 1. The summed E-state index contributed by atoms with van der Waals surface area (Å²) in [6.07, 6.45) is 6.13. The van der Waals surface area contributed by atoms with Crippen LogP contribution in [0, 0.1) is 0 Å². The number of benzene rings is 1. The molecule has 1 aromatic carbocycles. The largest absolute Gasteiger partial charge is 0.329 e. The number of ketones is 1. The van der Waals surface area contributed by atoms with E-state index < -0.39 is 0 Å². The van der Waals surface area contributed by atoms with Crippen LogP contribution in [0.2, 0.25) is 0 Å². The van der Waals surface area contributed by atoms with E-state index in [1.807, 2.05) is 42.5 Å². The Morgan fingerprint density at radius 1 is 1.00 bits per heavy atom. The maximum atomic E-state index is 13.3. The summed E-state index contributed by atoms with van der Waals surface area (Å²) >= 11 is 0. The van der Waals surface area contributed by atoms with Crippen LogP contribution >= 0.6 is 0 Å². The molecule has 0 amide bonds. The molecule has 1 spiro atoms. The van der Waals surface area contributed by atoms with Crippen LogP contribution in [0.5, 0.6) is 0 Å². The van der Waals surface area contributed by atoms with Gasteiger partial charge in [0.1, 0.15) is 0 Å². The number of anilines is 1. The monoisotopic (exact) mass is 429 g/mol. The SMILES string of the molecule is CN1CCC2(CC1)CCn1c(nc(-c3ccncc3)cc1=O)N2CC(=O)c1ccccc1. The molecule has 0 radical (unpaired) electrons. The lowest BCUT2D eigenvalue weighted by Crippen LogP contribution is -2.60. The first-order chi connectivity index (χ1) is 15.6. The molecule has 0 N–H and O–H groups in total. The molecule has 5 rings (SSSR count). The van der Waals surface area contributed by atoms with Gasteiger partial charge in [-0.2, -0.15) is 0 Å². The first-order valence-electron chi connectivity index (χ1n) is 11.1. The number of hydrogen-bond acceptors (Lipinski definition) is 6. The predicted octanol–water partition coefficient (Wildman–Crippen LogP) is 2.86. The van der Waals surface area contributed by atoms with Crippen molar-refractivity contribution in [2.45, 2.75) is 31.3 Å². The van der Waals surface area contributed by atoms with E-state index in [0.29, 0.717) is 23.8 Å². The molecule has 0 atom stereocenters. The number of nitrogens with zero attached hydrogens (tertiary/aromatic N) is 5. The summed E-state index contributed by atoms with van der Waals surface area (Å²) in [6.45, 7) is 2.76. The van der Waals surface area contributed by atoms with Crippen molar-refractivity contribution < 1.29 is 4.79 Å². The van der Waals surface area contributed by atoms with Crippen molar-refractivity contribution >= 4 is 11.7 Å². The molecule has 3 aromatic rings. The average Bonchev–Trinajstić information content (AvgIpc) is 2.83. The van der Waals surface area contributed by atoms with E-state index in [4.69, 9.17) is 4.98 Å². The summed E-state index contributed by atoms with van der Waals surface area (Å²) in [5, 5.41) is 0. The zero-order chi connectivity index (χ0) is 22.1. The van der Waals surface area contributed by atoms with Crippen LogP contribution in [0.15, 0.2) is 65.7 Å². The van der Waals surface area contributed by atoms with E-state index in [-0.39, 0.29) is 23.4 Å². The van der Waals surface area contributed by atoms with Crippen LogP contribution in [0.1, 0.15) is 29.6 Å². The molecule has 7 nitrogen and oxygen atoms in total. The molecule has 2 aromatic heterocycles. The lowest BCUT2D eigenvalue weighted by Gasteiger charge is -2.51. The normalized spacial score (nSPS) is 17.8. The van der Waals surface area contributed by atoms with Crippen LogP contribution in [0.25, 0.3) is 11.3 Å². The third-order valence-electron chi connectivity index (χ3n) is 6.89. The Morgan fingerprint density at radius 2 is 1.69 bits per heavy atom. The minimum absolute atomic E-state index is 0.0425. The Morgan fingerprint density at radius 3 is 2.41 bits per heavy atom. The van der Waals surface area contributed by atoms with E-state index in [0.717, 1.165) is 37.9 Å². The van der Waals surface area contributed by atoms with E-state index in [1.165, 1.54) is 0 Å². The van der Waals surface area contributed by atoms with Gasteiger partial charge in [-0.3, -0.25) is 19.1 Å². The van der Waals surface area contributed by atoms with Crippen LogP contribution in [0.3, 0.4) is 0 Å². The summed E-state index contributed by atoms with van der Waals surface area (Å²) in [6, 6.07) is 14.7. The summed E-state index contributed by atoms with van der Waals surface area (Å²) in [5.41, 5.74) is 1.89. The second kappa shape index (κ2) is 8.31. The van der Waals surface area contributed by atoms with Gasteiger partial charge in [-0.15, -0.1) is 0 Å². The quantitative estimate of drug-likeness (QED) is 0.594. The van der Waals surface area contributed by atoms with Crippen molar-refractivity contribution in [1.82, 2.24) is 19.4 Å². The van der Waals surface area contributed by atoms with Gasteiger partial charge in [-0.05, 0) is 38.4 Å². The Labute approximate surface area is 187 Å². The third-order valence-corrected chi connectivity index (χ3v) is 6.89. The van der Waals surface area contributed by atoms with Crippen molar-refractivity contribution in [3.63, 3.8) is 0 Å². The summed E-state index contributed by atoms with van der Waals surface area (Å²) in [7, 11) is 2.13. The molecule has 0 unspecified atom stereocenters. The van der Waals surface area contributed by atoms with Gasteiger partial charge in [0, 0.05) is 54.8 Å². The van der Waals surface area contributed by atoms with Gasteiger partial charge >= 0.3 is 0 Å². The van der Waals surface area contributed by atoms with Gasteiger partial charge < -0.3 is 9.80 Å². The van der Waals surface area contributed by atoms with Gasteiger partial charge in [0.25, 0.3) is 5.56 Å². The number of likely N-dealkylation sites (tertiary alicyclic amines) is 1. The van der Waals surface area contributed by atoms with Gasteiger partial charge in [0.05, 0.1) is 12.2 Å². The predicted molar refractivity (Wildman–Crippen MR) is 124 cm³/mol. The van der Waals surface area contributed by atoms with Gasteiger partial charge in [-0.25, -0.2) is 4.98 Å². The molecule has 1 fully saturated rings. The third kappa shape index (κ3) is 3.73. The maximum Gasteiger partial charge on any atom is 0.255 e. The summed E-state index contributed by atoms with van der Waals surface area (Å²) in [5.74, 6) is 0.644. The molecule has 0 bridgehead atoms. The fourth-order valence-corrected chi connectivity index (χ4v) is 4.90. The standard InChI is InChI=1S/C25H27N5O2/c1-28-14-9-25(10-15-28)11-16-29-23(32)17-21(19-7-12-26-13-8-19)27-24(29)30(25)18-22(31)20-5-3-2-4-6-20/h2-8,12-13,17H,9-11,14-16,18H2,1H3. The number of fused-ring (bicyclic) bond motifs is 1. The highest BCUT2D eigenvalue weighted by molar-refractivity contribution is 5.99. The first kappa shape index (κ1) is 20.6. The van der Waals surface area contributed by atoms with Gasteiger partial charge in [0.15, 0.2) is 5.78 Å². The highest BCUT2D eigenvalue weighted by atomic mass is 16.1. The van der Waals surface area contributed by atoms with Gasteiger partial charge in [-0.1, -0.05) is 30.3 Å². The van der Waals surface area contributed by atoms with Crippen molar-refractivity contribution in [3.05, 3.63) is 76.8 Å². The zero-order valence-electron chi connectivity index (χ0n) is 18.3. The molecule has 2 aliphatic rings. The fraction of sp³-hybridized carbons (Fsp3) is 0.360. The van der Waals surface area contributed by atoms with E-state index in [2.05, 4.69) is 21.8 Å². The number of Topliss-reactive ketones (excluding diaryl/α,β-unsaturated/α-hetero) is 1. The molecule has 4 heterocycles. The van der Waals surface area contributed by atoms with Crippen LogP contribution in [-0.4, -0.2) is 57.4 Å². The van der Waals surface area contributed by atoms with E-state index in [9.17, 15) is 9.59 Å². The van der Waals surface area contributed by atoms with E-state index in [1.54, 1.807) is 23.0 Å². The number of carbonyl (C=O) groups is 1. The molecular formula is C25H27N5O2. The summed E-state index contributed by atoms with van der Waals surface area (Å²) in [4.78, 5) is 39.8. The minimum Gasteiger partial charge on any atom is -0.329 e. The average molecular weight is 430 g/mol. The molecule has 0 saturated carbocycles. The topological polar surface area (TPSA) is 71.3 Å². The molecule has 7 heteroatoms. The van der Waals surface area contributed by atoms with Gasteiger partial charge in [0.2, 0.25) is 5.95 Å². The van der Waals surface area contributed by atoms with Crippen molar-refractivity contribution in [2.24, 2.45) is 0 Å². The molecule has 0 aliphatic carbocycles. The smallest absolute Gasteiger partial charge is 0.255 e. The minimum atomic E-state index is -0.173. The van der Waals surface area contributed by atoms with Crippen molar-refractivity contribution in [2.75, 3.05) is 31.6 Å². The lowest BCUT2D eigenvalue weighted by molar-refractivity contribution is 0.0966. The van der Waals surface area contributed by atoms with Crippen LogP contribution in [0.4, 0.5) is 5.95 Å². The summed E-state index contributed by atoms with van der Waals surface area (Å²) < 4.78 is 1.73. The highest BCUT2D eigenvalue weighted by Crippen LogP contribution is 2.39. The Kier molecular flexibility index (Phi) is 5.35. The Hall–Kier alpha value is -3.32. The number of piperidine rings is 1. The number of hydrogen-bond donors (Lipinski definition) is 0. The molecule has 32 heavy (non-hydrogen) atoms. The Balaban J connectivity index is 1.60. The fourth-order valence-electron chi connectivity index (χ4n) is 4.90. The van der Waals surface area contributed by atoms with Crippen molar-refractivity contribution in [1.29, 1.82) is 0 Å². The second-order valence-corrected chi connectivity index (χ2v) is 8.82. The molecule has 1 saturated heterocycles. The highest BCUT2D eigenvalue weighted by Gasteiger charge is 2.44. The zero-order valence-corrected chi connectivity index (χ0v) is 18.3. The van der Waals surface area contributed by atoms with E-state index >= 15 is 0 Å². The molecule has 164 valence electrons. The van der Waals surface area contributed by atoms with Crippen LogP contribution < -0.4 is 10.5 Å². The van der Waals surface area contributed by atoms with Crippen LogP contribution in [-0.2, 0) is 6.54 Å². The number of rotatable bonds is 4. The lowest BCUT2D eigenvalue weighted by atomic mass is 9.81.